The molecule has 0 bridgehead atoms. The highest BCUT2D eigenvalue weighted by Crippen LogP contribution is 2.16. The van der Waals surface area contributed by atoms with Gasteiger partial charge in [0.1, 0.15) is 11.5 Å². The Balaban J connectivity index is 2.22. The monoisotopic (exact) mass is 281 g/mol. The molecule has 0 aliphatic carbocycles. The first-order valence-electron chi connectivity index (χ1n) is 7.06. The topological polar surface area (TPSA) is 52.0 Å². The van der Waals surface area contributed by atoms with Crippen LogP contribution in [0.3, 0.4) is 0 Å². The van der Waals surface area contributed by atoms with E-state index in [0.717, 1.165) is 25.4 Å². The first-order chi connectivity index (χ1) is 9.69. The van der Waals surface area contributed by atoms with Crippen molar-refractivity contribution in [2.45, 2.75) is 13.8 Å². The van der Waals surface area contributed by atoms with Crippen LogP contribution < -0.4 is 19.7 Å². The van der Waals surface area contributed by atoms with Gasteiger partial charge in [-0.15, -0.1) is 0 Å². The van der Waals surface area contributed by atoms with Crippen LogP contribution in [0.2, 0.25) is 0 Å². The Bertz CT molecular complexity index is 389. The van der Waals surface area contributed by atoms with Crippen LogP contribution in [-0.4, -0.2) is 45.8 Å². The third-order valence-corrected chi connectivity index (χ3v) is 3.23. The van der Waals surface area contributed by atoms with Crippen LogP contribution in [0.5, 0.6) is 11.5 Å². The lowest BCUT2D eigenvalue weighted by Crippen LogP contribution is -3.12. The Labute approximate surface area is 120 Å². The molecular weight excluding hydrogens is 256 g/mol. The van der Waals surface area contributed by atoms with Crippen molar-refractivity contribution in [1.82, 2.24) is 5.32 Å². The molecule has 5 nitrogen and oxygen atoms in total. The van der Waals surface area contributed by atoms with Gasteiger partial charge >= 0.3 is 0 Å². The van der Waals surface area contributed by atoms with E-state index in [9.17, 15) is 4.79 Å². The van der Waals surface area contributed by atoms with Gasteiger partial charge in [0.05, 0.1) is 33.3 Å². The van der Waals surface area contributed by atoms with Crippen molar-refractivity contribution in [3.05, 3.63) is 24.3 Å². The normalized spacial score (nSPS) is 10.4. The Kier molecular flexibility index (Phi) is 7.50. The first kappa shape index (κ1) is 16.3. The lowest BCUT2D eigenvalue weighted by Gasteiger charge is -2.15. The molecule has 0 saturated carbocycles. The van der Waals surface area contributed by atoms with E-state index in [0.29, 0.717) is 12.3 Å². The molecule has 0 aromatic heterocycles. The van der Waals surface area contributed by atoms with Gasteiger partial charge in [0.15, 0.2) is 6.61 Å². The Morgan fingerprint density at radius 1 is 1.15 bits per heavy atom. The summed E-state index contributed by atoms with van der Waals surface area (Å²) in [4.78, 5) is 13.1. The summed E-state index contributed by atoms with van der Waals surface area (Å²) < 4.78 is 10.5. The van der Waals surface area contributed by atoms with E-state index in [1.54, 1.807) is 31.4 Å². The minimum atomic E-state index is -0.0904. The average molecular weight is 281 g/mol. The van der Waals surface area contributed by atoms with Gasteiger partial charge in [0.2, 0.25) is 0 Å². The lowest BCUT2D eigenvalue weighted by molar-refractivity contribution is -0.895. The van der Waals surface area contributed by atoms with Crippen molar-refractivity contribution in [2.75, 3.05) is 39.9 Å². The third kappa shape index (κ3) is 5.93. The molecule has 20 heavy (non-hydrogen) atoms. The summed E-state index contributed by atoms with van der Waals surface area (Å²) >= 11 is 0. The Morgan fingerprint density at radius 3 is 2.30 bits per heavy atom. The molecule has 1 aromatic carbocycles. The SMILES string of the molecule is CC[NH+](CC)CCNC(=O)COc1ccc(OC)cc1. The van der Waals surface area contributed by atoms with Crippen molar-refractivity contribution >= 4 is 5.91 Å². The Hall–Kier alpha value is -1.75. The smallest absolute Gasteiger partial charge is 0.258 e. The molecule has 0 spiro atoms. The van der Waals surface area contributed by atoms with Crippen LogP contribution in [-0.2, 0) is 4.79 Å². The van der Waals surface area contributed by atoms with E-state index in [1.807, 2.05) is 0 Å². The molecule has 0 aliphatic heterocycles. The lowest BCUT2D eigenvalue weighted by atomic mass is 10.3. The van der Waals surface area contributed by atoms with Crippen LogP contribution in [0.1, 0.15) is 13.8 Å². The number of benzene rings is 1. The quantitative estimate of drug-likeness (QED) is 0.676. The number of quaternary nitrogens is 1. The summed E-state index contributed by atoms with van der Waals surface area (Å²) in [6.07, 6.45) is 0. The number of ether oxygens (including phenoxy) is 2. The second-order valence-electron chi connectivity index (χ2n) is 4.52. The maximum Gasteiger partial charge on any atom is 0.258 e. The van der Waals surface area contributed by atoms with Crippen molar-refractivity contribution < 1.29 is 19.2 Å². The fourth-order valence-corrected chi connectivity index (χ4v) is 1.85. The summed E-state index contributed by atoms with van der Waals surface area (Å²) in [6.45, 7) is 8.12. The van der Waals surface area contributed by atoms with Crippen LogP contribution in [0.4, 0.5) is 0 Å². The summed E-state index contributed by atoms with van der Waals surface area (Å²) in [6, 6.07) is 7.17. The predicted octanol–water partition coefficient (Wildman–Crippen LogP) is 0.115. The molecule has 112 valence electrons. The van der Waals surface area contributed by atoms with Gasteiger partial charge in [0.25, 0.3) is 5.91 Å². The second-order valence-corrected chi connectivity index (χ2v) is 4.52. The van der Waals surface area contributed by atoms with Crippen molar-refractivity contribution in [2.24, 2.45) is 0 Å². The minimum absolute atomic E-state index is 0.0416. The molecule has 0 aliphatic rings. The van der Waals surface area contributed by atoms with Crippen molar-refractivity contribution in [3.8, 4) is 11.5 Å². The van der Waals surface area contributed by atoms with Crippen LogP contribution in [0.25, 0.3) is 0 Å². The fourth-order valence-electron chi connectivity index (χ4n) is 1.85. The largest absolute Gasteiger partial charge is 0.497 e. The number of likely N-dealkylation sites (N-methyl/N-ethyl adjacent to an activating group) is 1. The maximum absolute atomic E-state index is 11.6. The molecule has 2 N–H and O–H groups in total. The van der Waals surface area contributed by atoms with Crippen LogP contribution >= 0.6 is 0 Å². The van der Waals surface area contributed by atoms with Gasteiger partial charge < -0.3 is 19.7 Å². The summed E-state index contributed by atoms with van der Waals surface area (Å²) in [7, 11) is 1.61. The zero-order valence-corrected chi connectivity index (χ0v) is 12.6. The van der Waals surface area contributed by atoms with E-state index in [2.05, 4.69) is 19.2 Å². The van der Waals surface area contributed by atoms with E-state index >= 15 is 0 Å². The predicted molar refractivity (Wildman–Crippen MR) is 78.4 cm³/mol. The number of hydrogen-bond donors (Lipinski definition) is 2. The zero-order chi connectivity index (χ0) is 14.8. The zero-order valence-electron chi connectivity index (χ0n) is 12.6. The van der Waals surface area contributed by atoms with Gasteiger partial charge in [-0.05, 0) is 38.1 Å². The van der Waals surface area contributed by atoms with Gasteiger partial charge in [-0.2, -0.15) is 0 Å². The second kappa shape index (κ2) is 9.20. The molecule has 0 saturated heterocycles. The van der Waals surface area contributed by atoms with Crippen LogP contribution in [0, 0.1) is 0 Å². The van der Waals surface area contributed by atoms with E-state index < -0.39 is 0 Å². The summed E-state index contributed by atoms with van der Waals surface area (Å²) in [5, 5.41) is 2.87. The molecule has 1 aromatic rings. The summed E-state index contributed by atoms with van der Waals surface area (Å²) in [5.74, 6) is 1.34. The average Bonchev–Trinajstić information content (AvgIpc) is 2.50. The van der Waals surface area contributed by atoms with Crippen molar-refractivity contribution in [3.63, 3.8) is 0 Å². The van der Waals surface area contributed by atoms with Gasteiger partial charge in [-0.25, -0.2) is 0 Å². The maximum atomic E-state index is 11.6. The molecule has 0 atom stereocenters. The molecule has 1 rings (SSSR count). The Morgan fingerprint density at radius 2 is 1.75 bits per heavy atom. The molecule has 1 amide bonds. The van der Waals surface area contributed by atoms with Gasteiger partial charge in [-0.1, -0.05) is 0 Å². The third-order valence-electron chi connectivity index (χ3n) is 3.23. The van der Waals surface area contributed by atoms with E-state index in [1.165, 1.54) is 4.90 Å². The minimum Gasteiger partial charge on any atom is -0.497 e. The highest BCUT2D eigenvalue weighted by atomic mass is 16.5. The van der Waals surface area contributed by atoms with E-state index in [-0.39, 0.29) is 12.5 Å². The molecule has 0 heterocycles. The standard InChI is InChI=1S/C15H24N2O3/c1-4-17(5-2)11-10-16-15(18)12-20-14-8-6-13(19-3)7-9-14/h6-9H,4-5,10-12H2,1-3H3,(H,16,18)/p+1. The number of carbonyl (C=O) groups excluding carboxylic acids is 1. The highest BCUT2D eigenvalue weighted by molar-refractivity contribution is 5.77. The molecule has 5 heteroatoms. The first-order valence-corrected chi connectivity index (χ1v) is 7.06. The van der Waals surface area contributed by atoms with Crippen LogP contribution in [0.15, 0.2) is 24.3 Å². The molecule has 0 unspecified atom stereocenters. The van der Waals surface area contributed by atoms with E-state index in [4.69, 9.17) is 9.47 Å². The molecule has 0 radical (unpaired) electrons. The fraction of sp³-hybridized carbons (Fsp3) is 0.533. The number of rotatable bonds is 9. The number of methoxy groups -OCH3 is 1. The number of hydrogen-bond acceptors (Lipinski definition) is 3. The highest BCUT2D eigenvalue weighted by Gasteiger charge is 2.05. The summed E-state index contributed by atoms with van der Waals surface area (Å²) in [5.41, 5.74) is 0. The number of amides is 1. The molecule has 0 fully saturated rings. The molecular formula is C15H25N2O3+. The number of carbonyl (C=O) groups is 1. The van der Waals surface area contributed by atoms with Crippen molar-refractivity contribution in [1.29, 1.82) is 0 Å². The number of nitrogens with one attached hydrogen (secondary N) is 2. The van der Waals surface area contributed by atoms with Gasteiger partial charge in [-0.3, -0.25) is 4.79 Å². The van der Waals surface area contributed by atoms with Gasteiger partial charge in [0, 0.05) is 0 Å².